The predicted octanol–water partition coefficient (Wildman–Crippen LogP) is 3.03. The van der Waals surface area contributed by atoms with Crippen LogP contribution in [0.15, 0.2) is 0 Å². The standard InChI is InChI=1S/C13H22F3NO2/c1-2-19-12(18)10(11(17)13(14,15)16)8-9-6-4-3-5-7-9/h9-11H,2-8,17H2,1H3/t10-,11-/m1/s1. The van der Waals surface area contributed by atoms with Crippen molar-refractivity contribution >= 4 is 5.97 Å². The van der Waals surface area contributed by atoms with Crippen LogP contribution in [0.3, 0.4) is 0 Å². The van der Waals surface area contributed by atoms with Crippen molar-refractivity contribution in [3.05, 3.63) is 0 Å². The SMILES string of the molecule is CCOC(=O)[C@H](CC1CCCCC1)[C@@H](N)C(F)(F)F. The topological polar surface area (TPSA) is 52.3 Å². The molecule has 0 amide bonds. The first-order valence-corrected chi connectivity index (χ1v) is 6.85. The molecule has 2 N–H and O–H groups in total. The minimum absolute atomic E-state index is 0.0740. The van der Waals surface area contributed by atoms with Crippen LogP contribution >= 0.6 is 0 Å². The summed E-state index contributed by atoms with van der Waals surface area (Å²) in [6.45, 7) is 1.65. The predicted molar refractivity (Wildman–Crippen MR) is 65.3 cm³/mol. The third kappa shape index (κ3) is 5.01. The maximum Gasteiger partial charge on any atom is 0.404 e. The van der Waals surface area contributed by atoms with E-state index in [9.17, 15) is 18.0 Å². The summed E-state index contributed by atoms with van der Waals surface area (Å²) in [7, 11) is 0. The van der Waals surface area contributed by atoms with Gasteiger partial charge in [0.1, 0.15) is 6.04 Å². The lowest BCUT2D eigenvalue weighted by Gasteiger charge is -2.29. The van der Waals surface area contributed by atoms with E-state index in [2.05, 4.69) is 0 Å². The van der Waals surface area contributed by atoms with Crippen molar-refractivity contribution in [3.63, 3.8) is 0 Å². The van der Waals surface area contributed by atoms with Gasteiger partial charge in [0.15, 0.2) is 0 Å². The fraction of sp³-hybridized carbons (Fsp3) is 0.923. The number of nitrogens with two attached hydrogens (primary N) is 1. The van der Waals surface area contributed by atoms with E-state index in [-0.39, 0.29) is 18.9 Å². The van der Waals surface area contributed by atoms with Crippen LogP contribution in [-0.2, 0) is 9.53 Å². The molecular weight excluding hydrogens is 259 g/mol. The summed E-state index contributed by atoms with van der Waals surface area (Å²) >= 11 is 0. The number of ether oxygens (including phenoxy) is 1. The van der Waals surface area contributed by atoms with Gasteiger partial charge in [-0.2, -0.15) is 13.2 Å². The number of carbonyl (C=O) groups is 1. The van der Waals surface area contributed by atoms with Gasteiger partial charge in [0.05, 0.1) is 12.5 Å². The molecule has 1 fully saturated rings. The van der Waals surface area contributed by atoms with Crippen LogP contribution in [0.5, 0.6) is 0 Å². The smallest absolute Gasteiger partial charge is 0.404 e. The van der Waals surface area contributed by atoms with E-state index in [0.717, 1.165) is 32.1 Å². The minimum atomic E-state index is -4.56. The zero-order valence-electron chi connectivity index (χ0n) is 11.2. The van der Waals surface area contributed by atoms with Crippen LogP contribution in [0.1, 0.15) is 45.4 Å². The molecule has 1 aliphatic carbocycles. The Morgan fingerprint density at radius 2 is 1.89 bits per heavy atom. The quantitative estimate of drug-likeness (QED) is 0.788. The van der Waals surface area contributed by atoms with Gasteiger partial charge in [-0.1, -0.05) is 32.1 Å². The van der Waals surface area contributed by atoms with Crippen molar-refractivity contribution < 1.29 is 22.7 Å². The van der Waals surface area contributed by atoms with E-state index in [1.807, 2.05) is 0 Å². The molecule has 1 rings (SSSR count). The Kier molecular flexibility index (Phi) is 6.10. The third-order valence-electron chi connectivity index (χ3n) is 3.71. The third-order valence-corrected chi connectivity index (χ3v) is 3.71. The molecule has 2 atom stereocenters. The summed E-state index contributed by atoms with van der Waals surface area (Å²) < 4.78 is 42.9. The number of esters is 1. The van der Waals surface area contributed by atoms with Gasteiger partial charge in [0, 0.05) is 0 Å². The molecule has 0 aromatic carbocycles. The maximum absolute atomic E-state index is 12.7. The zero-order valence-corrected chi connectivity index (χ0v) is 11.2. The summed E-state index contributed by atoms with van der Waals surface area (Å²) in [4.78, 5) is 11.7. The molecule has 0 aliphatic heterocycles. The molecule has 0 radical (unpaired) electrons. The van der Waals surface area contributed by atoms with Gasteiger partial charge in [-0.25, -0.2) is 0 Å². The van der Waals surface area contributed by atoms with Gasteiger partial charge < -0.3 is 10.5 Å². The number of hydrogen-bond acceptors (Lipinski definition) is 3. The monoisotopic (exact) mass is 281 g/mol. The van der Waals surface area contributed by atoms with Crippen LogP contribution < -0.4 is 5.73 Å². The van der Waals surface area contributed by atoms with Gasteiger partial charge in [-0.3, -0.25) is 4.79 Å². The van der Waals surface area contributed by atoms with Gasteiger partial charge in [-0.05, 0) is 19.3 Å². The van der Waals surface area contributed by atoms with Crippen LogP contribution in [-0.4, -0.2) is 24.8 Å². The molecule has 0 heterocycles. The Labute approximate surface area is 111 Å². The van der Waals surface area contributed by atoms with E-state index in [1.54, 1.807) is 6.92 Å². The van der Waals surface area contributed by atoms with Crippen molar-refractivity contribution in [1.82, 2.24) is 0 Å². The Morgan fingerprint density at radius 1 is 1.32 bits per heavy atom. The lowest BCUT2D eigenvalue weighted by molar-refractivity contribution is -0.177. The number of alkyl halides is 3. The Hall–Kier alpha value is -0.780. The average molecular weight is 281 g/mol. The largest absolute Gasteiger partial charge is 0.466 e. The molecule has 3 nitrogen and oxygen atoms in total. The highest BCUT2D eigenvalue weighted by molar-refractivity contribution is 5.73. The molecule has 0 saturated heterocycles. The molecule has 0 unspecified atom stereocenters. The van der Waals surface area contributed by atoms with Crippen LogP contribution in [0, 0.1) is 11.8 Å². The number of carbonyl (C=O) groups excluding carboxylic acids is 1. The fourth-order valence-electron chi connectivity index (χ4n) is 2.65. The summed E-state index contributed by atoms with van der Waals surface area (Å²) in [6, 6.07) is -2.13. The number of rotatable bonds is 5. The Balaban J connectivity index is 2.70. The molecule has 0 aromatic heterocycles. The van der Waals surface area contributed by atoms with E-state index in [1.165, 1.54) is 0 Å². The first-order valence-electron chi connectivity index (χ1n) is 6.85. The van der Waals surface area contributed by atoms with Gasteiger partial charge in [-0.15, -0.1) is 0 Å². The number of halogens is 3. The molecule has 6 heteroatoms. The highest BCUT2D eigenvalue weighted by atomic mass is 19.4. The van der Waals surface area contributed by atoms with Crippen LogP contribution in [0.2, 0.25) is 0 Å². The molecule has 19 heavy (non-hydrogen) atoms. The molecule has 1 saturated carbocycles. The van der Waals surface area contributed by atoms with Crippen molar-refractivity contribution in [1.29, 1.82) is 0 Å². The molecule has 0 bridgehead atoms. The molecular formula is C13H22F3NO2. The van der Waals surface area contributed by atoms with Crippen molar-refractivity contribution in [2.45, 2.75) is 57.7 Å². The Morgan fingerprint density at radius 3 is 2.37 bits per heavy atom. The second-order valence-electron chi connectivity index (χ2n) is 5.17. The first-order chi connectivity index (χ1) is 8.86. The second-order valence-corrected chi connectivity index (χ2v) is 5.17. The lowest BCUT2D eigenvalue weighted by Crippen LogP contribution is -2.48. The molecule has 0 spiro atoms. The average Bonchev–Trinajstić information content (AvgIpc) is 2.35. The molecule has 0 aromatic rings. The summed E-state index contributed by atoms with van der Waals surface area (Å²) in [5.41, 5.74) is 5.22. The van der Waals surface area contributed by atoms with Crippen molar-refractivity contribution in [2.24, 2.45) is 17.6 Å². The number of hydrogen-bond donors (Lipinski definition) is 1. The lowest BCUT2D eigenvalue weighted by atomic mass is 9.80. The van der Waals surface area contributed by atoms with E-state index in [4.69, 9.17) is 10.5 Å². The molecule has 112 valence electrons. The molecule has 1 aliphatic rings. The minimum Gasteiger partial charge on any atom is -0.466 e. The van der Waals surface area contributed by atoms with E-state index < -0.39 is 24.1 Å². The van der Waals surface area contributed by atoms with E-state index in [0.29, 0.717) is 0 Å². The highest BCUT2D eigenvalue weighted by Gasteiger charge is 2.46. The second kappa shape index (κ2) is 7.12. The summed E-state index contributed by atoms with van der Waals surface area (Å²) in [5, 5.41) is 0. The van der Waals surface area contributed by atoms with Crippen molar-refractivity contribution in [2.75, 3.05) is 6.61 Å². The first kappa shape index (κ1) is 16.3. The van der Waals surface area contributed by atoms with Gasteiger partial charge in [0.25, 0.3) is 0 Å². The van der Waals surface area contributed by atoms with Gasteiger partial charge >= 0.3 is 12.1 Å². The summed E-state index contributed by atoms with van der Waals surface area (Å²) in [5.74, 6) is -1.95. The normalized spacial score (nSPS) is 20.9. The van der Waals surface area contributed by atoms with E-state index >= 15 is 0 Å². The van der Waals surface area contributed by atoms with Gasteiger partial charge in [0.2, 0.25) is 0 Å². The maximum atomic E-state index is 12.7. The van der Waals surface area contributed by atoms with Crippen molar-refractivity contribution in [3.8, 4) is 0 Å². The summed E-state index contributed by atoms with van der Waals surface area (Å²) in [6.07, 6.45) is 0.515. The zero-order chi connectivity index (χ0) is 14.5. The highest BCUT2D eigenvalue weighted by Crippen LogP contribution is 2.34. The van der Waals surface area contributed by atoms with Crippen LogP contribution in [0.25, 0.3) is 0 Å². The fourth-order valence-corrected chi connectivity index (χ4v) is 2.65. The van der Waals surface area contributed by atoms with Crippen LogP contribution in [0.4, 0.5) is 13.2 Å². The Bertz CT molecular complexity index is 288.